The Hall–Kier alpha value is -3.30. The van der Waals surface area contributed by atoms with Crippen molar-refractivity contribution in [2.24, 2.45) is 0 Å². The summed E-state index contributed by atoms with van der Waals surface area (Å²) in [6.07, 6.45) is 0. The van der Waals surface area contributed by atoms with E-state index in [0.29, 0.717) is 47.3 Å². The molecule has 0 fully saturated rings. The SMILES string of the molecule is [C-]#[N+]c1ccc2nc3c(c(NCc4ccc(OC)c(Cl)c4)c2c1)C(=O)N(CC)C3. The Bertz CT molecular complexity index is 1170. The number of ether oxygens (including phenoxy) is 1. The summed E-state index contributed by atoms with van der Waals surface area (Å²) >= 11 is 6.24. The van der Waals surface area contributed by atoms with Crippen LogP contribution in [0.4, 0.5) is 11.4 Å². The van der Waals surface area contributed by atoms with Gasteiger partial charge >= 0.3 is 0 Å². The lowest BCUT2D eigenvalue weighted by molar-refractivity contribution is 0.0787. The van der Waals surface area contributed by atoms with Gasteiger partial charge in [0.2, 0.25) is 0 Å². The quantitative estimate of drug-likeness (QED) is 0.603. The lowest BCUT2D eigenvalue weighted by Crippen LogP contribution is -2.23. The molecule has 0 spiro atoms. The third-order valence-corrected chi connectivity index (χ3v) is 5.38. The summed E-state index contributed by atoms with van der Waals surface area (Å²) in [5, 5.41) is 4.70. The molecule has 2 heterocycles. The number of fused-ring (bicyclic) bond motifs is 2. The smallest absolute Gasteiger partial charge is 0.258 e. The summed E-state index contributed by atoms with van der Waals surface area (Å²) in [6, 6.07) is 10.9. The van der Waals surface area contributed by atoms with Gasteiger partial charge in [-0.2, -0.15) is 0 Å². The molecule has 0 unspecified atom stereocenters. The maximum absolute atomic E-state index is 12.9. The fraction of sp³-hybridized carbons (Fsp3) is 0.227. The van der Waals surface area contributed by atoms with Crippen LogP contribution in [0.5, 0.6) is 5.75 Å². The third-order valence-electron chi connectivity index (χ3n) is 5.08. The van der Waals surface area contributed by atoms with E-state index in [1.165, 1.54) is 0 Å². The van der Waals surface area contributed by atoms with E-state index in [2.05, 4.69) is 15.1 Å². The highest BCUT2D eigenvalue weighted by molar-refractivity contribution is 6.32. The molecular weight excluding hydrogens is 388 g/mol. The Morgan fingerprint density at radius 3 is 2.83 bits per heavy atom. The Labute approximate surface area is 173 Å². The van der Waals surface area contributed by atoms with Crippen molar-refractivity contribution in [3.05, 3.63) is 69.7 Å². The topological polar surface area (TPSA) is 58.8 Å². The molecule has 0 bridgehead atoms. The number of nitrogens with one attached hydrogen (secondary N) is 1. The van der Waals surface area contributed by atoms with Gasteiger partial charge in [0.25, 0.3) is 5.91 Å². The molecule has 1 N–H and O–H groups in total. The molecule has 0 saturated heterocycles. The van der Waals surface area contributed by atoms with Gasteiger partial charge in [0.1, 0.15) is 5.75 Å². The standard InChI is InChI=1S/C22H19ClN4O2/c1-4-27-12-18-20(22(27)28)21(15-10-14(24-2)6-7-17(15)26-18)25-11-13-5-8-19(29-3)16(23)9-13/h5-10H,4,11-12H2,1,3H3,(H,25,26). The zero-order valence-electron chi connectivity index (χ0n) is 16.1. The summed E-state index contributed by atoms with van der Waals surface area (Å²) in [6.45, 7) is 10.9. The van der Waals surface area contributed by atoms with E-state index >= 15 is 0 Å². The number of aromatic nitrogens is 1. The number of carbonyl (C=O) groups is 1. The number of benzene rings is 2. The van der Waals surface area contributed by atoms with Crippen molar-refractivity contribution in [2.75, 3.05) is 19.0 Å². The largest absolute Gasteiger partial charge is 0.495 e. The molecule has 3 aromatic rings. The van der Waals surface area contributed by atoms with Gasteiger partial charge in [-0.05, 0) is 36.8 Å². The zero-order valence-corrected chi connectivity index (χ0v) is 16.9. The average molecular weight is 407 g/mol. The number of halogens is 1. The number of pyridine rings is 1. The second-order valence-electron chi connectivity index (χ2n) is 6.76. The highest BCUT2D eigenvalue weighted by Crippen LogP contribution is 2.36. The lowest BCUT2D eigenvalue weighted by atomic mass is 10.1. The maximum atomic E-state index is 12.9. The third kappa shape index (κ3) is 3.34. The molecule has 0 saturated carbocycles. The van der Waals surface area contributed by atoms with Gasteiger partial charge in [-0.15, -0.1) is 0 Å². The van der Waals surface area contributed by atoms with Gasteiger partial charge < -0.3 is 15.0 Å². The first-order valence-corrected chi connectivity index (χ1v) is 9.63. The molecule has 1 aliphatic rings. The number of anilines is 1. The van der Waals surface area contributed by atoms with Crippen LogP contribution in [0.15, 0.2) is 36.4 Å². The Balaban J connectivity index is 1.79. The Morgan fingerprint density at radius 1 is 1.31 bits per heavy atom. The van der Waals surface area contributed by atoms with Gasteiger partial charge in [-0.1, -0.05) is 23.7 Å². The van der Waals surface area contributed by atoms with Crippen molar-refractivity contribution in [1.29, 1.82) is 0 Å². The first kappa shape index (κ1) is 19.0. The molecule has 0 aliphatic carbocycles. The van der Waals surface area contributed by atoms with E-state index in [1.807, 2.05) is 31.2 Å². The predicted molar refractivity (Wildman–Crippen MR) is 114 cm³/mol. The first-order valence-electron chi connectivity index (χ1n) is 9.25. The molecule has 1 amide bonds. The zero-order chi connectivity index (χ0) is 20.5. The van der Waals surface area contributed by atoms with Crippen molar-refractivity contribution < 1.29 is 9.53 Å². The molecule has 0 atom stereocenters. The molecule has 2 aromatic carbocycles. The Kier molecular flexibility index (Phi) is 4.99. The number of carbonyl (C=O) groups excluding carboxylic acids is 1. The van der Waals surface area contributed by atoms with Gasteiger partial charge in [0, 0.05) is 18.5 Å². The fourth-order valence-corrected chi connectivity index (χ4v) is 3.86. The van der Waals surface area contributed by atoms with E-state index in [-0.39, 0.29) is 5.91 Å². The molecule has 7 heteroatoms. The van der Waals surface area contributed by atoms with E-state index in [1.54, 1.807) is 24.1 Å². The summed E-state index contributed by atoms with van der Waals surface area (Å²) in [7, 11) is 1.57. The molecule has 0 radical (unpaired) electrons. The van der Waals surface area contributed by atoms with Crippen LogP contribution >= 0.6 is 11.6 Å². The lowest BCUT2D eigenvalue weighted by Gasteiger charge is -2.15. The van der Waals surface area contributed by atoms with E-state index in [4.69, 9.17) is 22.9 Å². The second kappa shape index (κ2) is 7.61. The minimum absolute atomic E-state index is 0.0413. The minimum atomic E-state index is -0.0413. The highest BCUT2D eigenvalue weighted by atomic mass is 35.5. The van der Waals surface area contributed by atoms with Gasteiger partial charge in [0.05, 0.1) is 47.7 Å². The van der Waals surface area contributed by atoms with Crippen molar-refractivity contribution in [3.8, 4) is 5.75 Å². The molecule has 1 aromatic heterocycles. The predicted octanol–water partition coefficient (Wildman–Crippen LogP) is 5.04. The van der Waals surface area contributed by atoms with Crippen LogP contribution in [0.3, 0.4) is 0 Å². The molecular formula is C22H19ClN4O2. The van der Waals surface area contributed by atoms with E-state index in [9.17, 15) is 4.79 Å². The number of methoxy groups -OCH3 is 1. The number of nitrogens with zero attached hydrogens (tertiary/aromatic N) is 3. The van der Waals surface area contributed by atoms with Crippen LogP contribution < -0.4 is 10.1 Å². The number of amides is 1. The molecule has 6 nitrogen and oxygen atoms in total. The van der Waals surface area contributed by atoms with Gasteiger partial charge in [-0.25, -0.2) is 4.85 Å². The molecule has 4 rings (SSSR count). The molecule has 29 heavy (non-hydrogen) atoms. The van der Waals surface area contributed by atoms with Crippen LogP contribution in [-0.4, -0.2) is 29.4 Å². The average Bonchev–Trinajstić information content (AvgIpc) is 3.06. The molecule has 146 valence electrons. The van der Waals surface area contributed by atoms with Crippen molar-refractivity contribution >= 4 is 39.8 Å². The van der Waals surface area contributed by atoms with Crippen molar-refractivity contribution in [3.63, 3.8) is 0 Å². The van der Waals surface area contributed by atoms with Crippen LogP contribution in [0.1, 0.15) is 28.5 Å². The summed E-state index contributed by atoms with van der Waals surface area (Å²) in [4.78, 5) is 22.9. The fourth-order valence-electron chi connectivity index (χ4n) is 3.58. The summed E-state index contributed by atoms with van der Waals surface area (Å²) in [5.41, 5.74) is 4.28. The normalized spacial score (nSPS) is 12.8. The highest BCUT2D eigenvalue weighted by Gasteiger charge is 2.31. The van der Waals surface area contributed by atoms with E-state index in [0.717, 1.165) is 22.2 Å². The van der Waals surface area contributed by atoms with Gasteiger partial charge in [0.15, 0.2) is 5.69 Å². The van der Waals surface area contributed by atoms with Crippen molar-refractivity contribution in [2.45, 2.75) is 20.0 Å². The van der Waals surface area contributed by atoms with Crippen LogP contribution in [-0.2, 0) is 13.1 Å². The van der Waals surface area contributed by atoms with Crippen molar-refractivity contribution in [1.82, 2.24) is 9.88 Å². The van der Waals surface area contributed by atoms with Gasteiger partial charge in [-0.3, -0.25) is 9.78 Å². The molecule has 1 aliphatic heterocycles. The monoisotopic (exact) mass is 406 g/mol. The Morgan fingerprint density at radius 2 is 2.14 bits per heavy atom. The number of rotatable bonds is 5. The van der Waals surface area contributed by atoms with Crippen LogP contribution in [0.25, 0.3) is 15.7 Å². The number of hydrogen-bond acceptors (Lipinski definition) is 4. The first-order chi connectivity index (χ1) is 14.0. The van der Waals surface area contributed by atoms with Crippen LogP contribution in [0, 0.1) is 6.57 Å². The maximum Gasteiger partial charge on any atom is 0.258 e. The second-order valence-corrected chi connectivity index (χ2v) is 7.17. The summed E-state index contributed by atoms with van der Waals surface area (Å²) in [5.74, 6) is 0.571. The summed E-state index contributed by atoms with van der Waals surface area (Å²) < 4.78 is 5.21. The number of hydrogen-bond donors (Lipinski definition) is 1. The minimum Gasteiger partial charge on any atom is -0.495 e. The van der Waals surface area contributed by atoms with E-state index < -0.39 is 0 Å². The van der Waals surface area contributed by atoms with Crippen LogP contribution in [0.2, 0.25) is 5.02 Å².